The number of anilines is 1. The van der Waals surface area contributed by atoms with E-state index in [9.17, 15) is 18.0 Å². The van der Waals surface area contributed by atoms with Gasteiger partial charge in [-0.15, -0.1) is 0 Å². The molecule has 3 aromatic heterocycles. The Morgan fingerprint density at radius 3 is 2.58 bits per heavy atom. The Balaban J connectivity index is 1.83. The highest BCUT2D eigenvalue weighted by molar-refractivity contribution is 7.89. The van der Waals surface area contributed by atoms with Gasteiger partial charge < -0.3 is 9.73 Å². The van der Waals surface area contributed by atoms with Crippen LogP contribution in [0.2, 0.25) is 5.15 Å². The molecule has 0 saturated carbocycles. The van der Waals surface area contributed by atoms with Gasteiger partial charge in [0.25, 0.3) is 5.91 Å². The van der Waals surface area contributed by atoms with Crippen molar-refractivity contribution in [2.75, 3.05) is 11.6 Å². The van der Waals surface area contributed by atoms with E-state index in [2.05, 4.69) is 15.4 Å². The van der Waals surface area contributed by atoms with Gasteiger partial charge in [-0.1, -0.05) is 17.7 Å². The van der Waals surface area contributed by atoms with Crippen LogP contribution in [0, 0.1) is 13.8 Å². The molecule has 10 nitrogen and oxygen atoms in total. The van der Waals surface area contributed by atoms with Gasteiger partial charge in [-0.05, 0) is 44.5 Å². The van der Waals surface area contributed by atoms with Gasteiger partial charge in [0.15, 0.2) is 11.1 Å². The SMILES string of the molecule is Cc1cc([C@@H](C)Nc2ccc(Cl)nc2C(=O)NS(C)(=O)=O)c2oc(-c3cnn(C)c3)c(C)c(=O)c2c1. The minimum absolute atomic E-state index is 0.0236. The Morgan fingerprint density at radius 2 is 1.94 bits per heavy atom. The molecule has 1 amide bonds. The van der Waals surface area contributed by atoms with Crippen molar-refractivity contribution in [3.63, 3.8) is 0 Å². The van der Waals surface area contributed by atoms with Crippen molar-refractivity contribution in [2.45, 2.75) is 26.8 Å². The van der Waals surface area contributed by atoms with Crippen molar-refractivity contribution in [3.8, 4) is 11.3 Å². The van der Waals surface area contributed by atoms with Crippen LogP contribution in [-0.4, -0.2) is 35.3 Å². The second kappa shape index (κ2) is 9.40. The van der Waals surface area contributed by atoms with E-state index < -0.39 is 22.0 Å². The first-order valence-corrected chi connectivity index (χ1v) is 13.1. The highest BCUT2D eigenvalue weighted by atomic mass is 35.5. The van der Waals surface area contributed by atoms with Crippen LogP contribution in [0.1, 0.15) is 40.1 Å². The lowest BCUT2D eigenvalue weighted by molar-refractivity contribution is 0.0977. The van der Waals surface area contributed by atoms with Crippen LogP contribution in [0.3, 0.4) is 0 Å². The number of nitrogens with one attached hydrogen (secondary N) is 2. The third-order valence-corrected chi connectivity index (χ3v) is 6.32. The first kappa shape index (κ1) is 25.4. The van der Waals surface area contributed by atoms with Gasteiger partial charge >= 0.3 is 0 Å². The maximum atomic E-state index is 13.3. The minimum Gasteiger partial charge on any atom is -0.455 e. The molecule has 4 aromatic rings. The van der Waals surface area contributed by atoms with Crippen molar-refractivity contribution in [1.82, 2.24) is 19.5 Å². The third kappa shape index (κ3) is 5.12. The summed E-state index contributed by atoms with van der Waals surface area (Å²) in [4.78, 5) is 29.9. The Morgan fingerprint density at radius 1 is 1.22 bits per heavy atom. The Hall–Kier alpha value is -3.70. The number of hydrogen-bond donors (Lipinski definition) is 2. The molecule has 1 aromatic carbocycles. The van der Waals surface area contributed by atoms with Crippen LogP contribution >= 0.6 is 11.6 Å². The lowest BCUT2D eigenvalue weighted by Gasteiger charge is -2.20. The fourth-order valence-electron chi connectivity index (χ4n) is 3.96. The van der Waals surface area contributed by atoms with E-state index in [-0.39, 0.29) is 22.0 Å². The summed E-state index contributed by atoms with van der Waals surface area (Å²) in [5.74, 6) is -0.510. The normalized spacial score (nSPS) is 12.5. The van der Waals surface area contributed by atoms with Crippen molar-refractivity contribution < 1.29 is 17.6 Å². The molecule has 0 unspecified atom stereocenters. The Bertz CT molecular complexity index is 1680. The number of nitrogens with zero attached hydrogens (tertiary/aromatic N) is 3. The number of benzene rings is 1. The number of sulfonamides is 1. The van der Waals surface area contributed by atoms with Crippen LogP contribution in [-0.2, 0) is 17.1 Å². The summed E-state index contributed by atoms with van der Waals surface area (Å²) in [5.41, 5.74) is 2.94. The molecule has 0 spiro atoms. The molecule has 12 heteroatoms. The zero-order valence-electron chi connectivity index (χ0n) is 20.2. The number of aromatic nitrogens is 3. The molecule has 1 atom stereocenters. The number of carbonyl (C=O) groups excluding carboxylic acids is 1. The molecule has 188 valence electrons. The molecule has 4 rings (SSSR count). The molecule has 0 bridgehead atoms. The number of amides is 1. The number of halogens is 1. The lowest BCUT2D eigenvalue weighted by atomic mass is 9.99. The molecule has 2 N–H and O–H groups in total. The molecule has 0 aliphatic heterocycles. The summed E-state index contributed by atoms with van der Waals surface area (Å²) in [6, 6.07) is 6.18. The first-order valence-electron chi connectivity index (χ1n) is 10.9. The highest BCUT2D eigenvalue weighted by Crippen LogP contribution is 2.32. The van der Waals surface area contributed by atoms with E-state index in [0.717, 1.165) is 11.8 Å². The number of aryl methyl sites for hydroxylation is 2. The van der Waals surface area contributed by atoms with Gasteiger partial charge in [0.1, 0.15) is 16.5 Å². The predicted molar refractivity (Wildman–Crippen MR) is 138 cm³/mol. The quantitative estimate of drug-likeness (QED) is 0.361. The van der Waals surface area contributed by atoms with Gasteiger partial charge in [-0.2, -0.15) is 5.10 Å². The van der Waals surface area contributed by atoms with E-state index in [1.165, 1.54) is 12.1 Å². The summed E-state index contributed by atoms with van der Waals surface area (Å²) >= 11 is 5.97. The molecule has 36 heavy (non-hydrogen) atoms. The van der Waals surface area contributed by atoms with Gasteiger partial charge in [0, 0.05) is 24.4 Å². The topological polar surface area (TPSA) is 136 Å². The van der Waals surface area contributed by atoms with Crippen molar-refractivity contribution >= 4 is 44.2 Å². The molecule has 0 radical (unpaired) electrons. The van der Waals surface area contributed by atoms with E-state index in [1.54, 1.807) is 37.1 Å². The maximum absolute atomic E-state index is 13.3. The summed E-state index contributed by atoms with van der Waals surface area (Å²) < 4.78 is 33.0. The highest BCUT2D eigenvalue weighted by Gasteiger charge is 2.22. The molecular formula is C24H24ClN5O5S. The number of carbonyl (C=O) groups is 1. The Labute approximate surface area is 212 Å². The number of hydrogen-bond acceptors (Lipinski definition) is 8. The second-order valence-corrected chi connectivity index (χ2v) is 10.8. The molecule has 0 saturated heterocycles. The van der Waals surface area contributed by atoms with Crippen LogP contribution in [0.25, 0.3) is 22.3 Å². The zero-order chi connectivity index (χ0) is 26.4. The lowest BCUT2D eigenvalue weighted by Crippen LogP contribution is -2.31. The van der Waals surface area contributed by atoms with Gasteiger partial charge in [-0.25, -0.2) is 18.1 Å². The standard InChI is InChI=1S/C24H24ClN5O5S/c1-12-8-16(14(3)27-18-6-7-19(25)28-20(18)24(32)29-36(5,33)34)23-17(9-12)21(31)13(2)22(35-23)15-10-26-30(4)11-15/h6-11,14,27H,1-5H3,(H,29,32)/t14-/m1/s1. The van der Waals surface area contributed by atoms with Crippen molar-refractivity contribution in [2.24, 2.45) is 7.05 Å². The van der Waals surface area contributed by atoms with Gasteiger partial charge in [0.05, 0.1) is 35.1 Å². The molecule has 3 heterocycles. The average molecular weight is 530 g/mol. The third-order valence-electron chi connectivity index (χ3n) is 5.55. The van der Waals surface area contributed by atoms with Gasteiger partial charge in [-0.3, -0.25) is 14.3 Å². The van der Waals surface area contributed by atoms with Gasteiger partial charge in [0.2, 0.25) is 10.0 Å². The largest absolute Gasteiger partial charge is 0.455 e. The molecule has 0 aliphatic carbocycles. The summed E-state index contributed by atoms with van der Waals surface area (Å²) in [5, 5.41) is 7.80. The van der Waals surface area contributed by atoms with E-state index >= 15 is 0 Å². The van der Waals surface area contributed by atoms with E-state index in [1.807, 2.05) is 24.6 Å². The second-order valence-electron chi connectivity index (χ2n) is 8.62. The Kier molecular flexibility index (Phi) is 6.63. The summed E-state index contributed by atoms with van der Waals surface area (Å²) in [7, 11) is -2.05. The predicted octanol–water partition coefficient (Wildman–Crippen LogP) is 3.72. The van der Waals surface area contributed by atoms with Crippen LogP contribution < -0.4 is 15.5 Å². The van der Waals surface area contributed by atoms with Crippen LogP contribution in [0.15, 0.2) is 45.9 Å². The average Bonchev–Trinajstić information content (AvgIpc) is 3.22. The van der Waals surface area contributed by atoms with E-state index in [4.69, 9.17) is 16.0 Å². The zero-order valence-corrected chi connectivity index (χ0v) is 21.8. The summed E-state index contributed by atoms with van der Waals surface area (Å²) in [6.07, 6.45) is 4.26. The first-order chi connectivity index (χ1) is 16.8. The number of fused-ring (bicyclic) bond motifs is 1. The smallest absolute Gasteiger partial charge is 0.285 e. The van der Waals surface area contributed by atoms with Crippen LogP contribution in [0.5, 0.6) is 0 Å². The maximum Gasteiger partial charge on any atom is 0.285 e. The van der Waals surface area contributed by atoms with Crippen molar-refractivity contribution in [1.29, 1.82) is 0 Å². The summed E-state index contributed by atoms with van der Waals surface area (Å²) in [6.45, 7) is 5.41. The minimum atomic E-state index is -3.82. The fraction of sp³-hybridized carbons (Fsp3) is 0.250. The van der Waals surface area contributed by atoms with Crippen LogP contribution in [0.4, 0.5) is 5.69 Å². The molecular weight excluding hydrogens is 506 g/mol. The molecule has 0 aliphatic rings. The number of rotatable bonds is 6. The molecule has 0 fully saturated rings. The fourth-order valence-corrected chi connectivity index (χ4v) is 4.54. The van der Waals surface area contributed by atoms with E-state index in [0.29, 0.717) is 33.4 Å². The number of pyridine rings is 1. The van der Waals surface area contributed by atoms with Crippen molar-refractivity contribution in [3.05, 3.63) is 74.4 Å². The monoisotopic (exact) mass is 529 g/mol.